The molecule has 0 amide bonds. The van der Waals surface area contributed by atoms with E-state index in [-0.39, 0.29) is 0 Å². The van der Waals surface area contributed by atoms with Gasteiger partial charge < -0.3 is 0 Å². The molecule has 0 aromatic heterocycles. The molecule has 0 radical (unpaired) electrons. The quantitative estimate of drug-likeness (QED) is 0.567. The molecule has 2 heteroatoms. The first-order valence-electron chi connectivity index (χ1n) is 7.70. The summed E-state index contributed by atoms with van der Waals surface area (Å²) in [5, 5.41) is 0. The molecule has 1 heterocycles. The minimum absolute atomic E-state index is 0.820. The second-order valence-electron chi connectivity index (χ2n) is 5.69. The summed E-state index contributed by atoms with van der Waals surface area (Å²) in [6, 6.07) is 0.820. The van der Waals surface area contributed by atoms with Crippen LogP contribution in [0.2, 0.25) is 0 Å². The molecule has 0 aromatic carbocycles. The van der Waals surface area contributed by atoms with E-state index in [1.165, 1.54) is 71.1 Å². The Hall–Kier alpha value is -0.0800. The normalized spacial score (nSPS) is 22.4. The van der Waals surface area contributed by atoms with Gasteiger partial charge in [-0.2, -0.15) is 0 Å². The largest absolute Gasteiger partial charge is 0.289 e. The molecular weight excluding hydrogens is 208 g/mol. The third-order valence-electron chi connectivity index (χ3n) is 3.97. The standard InChI is InChI=1S/C15H32N2/c1-4-6-7-8-9-10-12-17-13-15(11-5-2)16(3)14-17/h15H,4-14H2,1-3H3. The minimum atomic E-state index is 0.820. The lowest BCUT2D eigenvalue weighted by atomic mass is 10.1. The monoisotopic (exact) mass is 240 g/mol. The van der Waals surface area contributed by atoms with Crippen molar-refractivity contribution in [3.63, 3.8) is 0 Å². The van der Waals surface area contributed by atoms with Crippen molar-refractivity contribution in [2.24, 2.45) is 0 Å². The van der Waals surface area contributed by atoms with Crippen molar-refractivity contribution >= 4 is 0 Å². The summed E-state index contributed by atoms with van der Waals surface area (Å²) >= 11 is 0. The molecule has 1 saturated heterocycles. The van der Waals surface area contributed by atoms with Crippen LogP contribution >= 0.6 is 0 Å². The fourth-order valence-corrected chi connectivity index (χ4v) is 2.85. The van der Waals surface area contributed by atoms with Gasteiger partial charge in [-0.25, -0.2) is 0 Å². The van der Waals surface area contributed by atoms with Crippen molar-refractivity contribution in [1.82, 2.24) is 9.80 Å². The van der Waals surface area contributed by atoms with E-state index >= 15 is 0 Å². The van der Waals surface area contributed by atoms with Gasteiger partial charge in [-0.05, 0) is 26.4 Å². The number of likely N-dealkylation sites (N-methyl/N-ethyl adjacent to an activating group) is 1. The van der Waals surface area contributed by atoms with Crippen LogP contribution in [0.4, 0.5) is 0 Å². The minimum Gasteiger partial charge on any atom is -0.289 e. The van der Waals surface area contributed by atoms with Crippen LogP contribution in [-0.2, 0) is 0 Å². The van der Waals surface area contributed by atoms with E-state index < -0.39 is 0 Å². The first kappa shape index (κ1) is 15.0. The number of rotatable bonds is 9. The highest BCUT2D eigenvalue weighted by molar-refractivity contribution is 4.79. The highest BCUT2D eigenvalue weighted by Gasteiger charge is 2.25. The van der Waals surface area contributed by atoms with E-state index in [0.717, 1.165) is 6.04 Å². The fourth-order valence-electron chi connectivity index (χ4n) is 2.85. The molecular formula is C15H32N2. The number of hydrogen-bond acceptors (Lipinski definition) is 2. The topological polar surface area (TPSA) is 6.48 Å². The molecule has 1 aliphatic heterocycles. The Morgan fingerprint density at radius 3 is 2.35 bits per heavy atom. The van der Waals surface area contributed by atoms with Crippen molar-refractivity contribution < 1.29 is 0 Å². The molecule has 0 aliphatic carbocycles. The van der Waals surface area contributed by atoms with E-state index in [1.54, 1.807) is 0 Å². The van der Waals surface area contributed by atoms with Gasteiger partial charge in [-0.15, -0.1) is 0 Å². The lowest BCUT2D eigenvalue weighted by Crippen LogP contribution is -2.26. The molecule has 1 unspecified atom stereocenters. The first-order valence-corrected chi connectivity index (χ1v) is 7.70. The summed E-state index contributed by atoms with van der Waals surface area (Å²) in [7, 11) is 2.28. The summed E-state index contributed by atoms with van der Waals surface area (Å²) in [5.74, 6) is 0. The zero-order valence-electron chi connectivity index (χ0n) is 12.2. The van der Waals surface area contributed by atoms with Gasteiger partial charge in [0.05, 0.1) is 6.67 Å². The molecule has 0 saturated carbocycles. The van der Waals surface area contributed by atoms with E-state index in [9.17, 15) is 0 Å². The average molecular weight is 240 g/mol. The van der Waals surface area contributed by atoms with Crippen LogP contribution in [0.5, 0.6) is 0 Å². The molecule has 0 aromatic rings. The maximum absolute atomic E-state index is 2.64. The van der Waals surface area contributed by atoms with E-state index in [1.807, 2.05) is 0 Å². The Kier molecular flexibility index (Phi) is 7.87. The number of hydrogen-bond donors (Lipinski definition) is 0. The molecule has 1 aliphatic rings. The summed E-state index contributed by atoms with van der Waals surface area (Å²) < 4.78 is 0. The van der Waals surface area contributed by atoms with Gasteiger partial charge in [0.25, 0.3) is 0 Å². The van der Waals surface area contributed by atoms with Crippen LogP contribution < -0.4 is 0 Å². The van der Waals surface area contributed by atoms with Crippen LogP contribution in [0.3, 0.4) is 0 Å². The fraction of sp³-hybridized carbons (Fsp3) is 1.00. The predicted octanol–water partition coefficient (Wildman–Crippen LogP) is 3.72. The summed E-state index contributed by atoms with van der Waals surface area (Å²) in [5.41, 5.74) is 0. The molecule has 1 fully saturated rings. The molecule has 0 bridgehead atoms. The highest BCUT2D eigenvalue weighted by atomic mass is 15.4. The van der Waals surface area contributed by atoms with Crippen molar-refractivity contribution in [3.8, 4) is 0 Å². The Morgan fingerprint density at radius 2 is 1.65 bits per heavy atom. The van der Waals surface area contributed by atoms with Gasteiger partial charge in [0.2, 0.25) is 0 Å². The zero-order chi connectivity index (χ0) is 12.5. The maximum atomic E-state index is 2.64. The summed E-state index contributed by atoms with van der Waals surface area (Å²) in [6.45, 7) is 8.40. The smallest absolute Gasteiger partial charge is 0.0507 e. The Morgan fingerprint density at radius 1 is 0.941 bits per heavy atom. The van der Waals surface area contributed by atoms with Crippen LogP contribution in [0.1, 0.15) is 65.2 Å². The lowest BCUT2D eigenvalue weighted by Gasteiger charge is -2.16. The molecule has 102 valence electrons. The van der Waals surface area contributed by atoms with E-state index in [4.69, 9.17) is 0 Å². The predicted molar refractivity (Wildman–Crippen MR) is 76.3 cm³/mol. The molecule has 1 atom stereocenters. The molecule has 2 nitrogen and oxygen atoms in total. The third kappa shape index (κ3) is 5.87. The van der Waals surface area contributed by atoms with Gasteiger partial charge in [0.1, 0.15) is 0 Å². The van der Waals surface area contributed by atoms with Crippen LogP contribution in [0.15, 0.2) is 0 Å². The number of nitrogens with zero attached hydrogens (tertiary/aromatic N) is 2. The third-order valence-corrected chi connectivity index (χ3v) is 3.97. The van der Waals surface area contributed by atoms with Gasteiger partial charge >= 0.3 is 0 Å². The van der Waals surface area contributed by atoms with Crippen molar-refractivity contribution in [2.45, 2.75) is 71.3 Å². The Bertz CT molecular complexity index is 182. The highest BCUT2D eigenvalue weighted by Crippen LogP contribution is 2.16. The van der Waals surface area contributed by atoms with Crippen LogP contribution in [0, 0.1) is 0 Å². The number of unbranched alkanes of at least 4 members (excludes halogenated alkanes) is 5. The molecule has 0 spiro atoms. The van der Waals surface area contributed by atoms with E-state index in [0.29, 0.717) is 0 Å². The van der Waals surface area contributed by atoms with Crippen molar-refractivity contribution in [3.05, 3.63) is 0 Å². The molecule has 1 rings (SSSR count). The first-order chi connectivity index (χ1) is 8.27. The van der Waals surface area contributed by atoms with Crippen molar-refractivity contribution in [2.75, 3.05) is 26.8 Å². The maximum Gasteiger partial charge on any atom is 0.0507 e. The summed E-state index contributed by atoms with van der Waals surface area (Å²) in [6.07, 6.45) is 11.2. The van der Waals surface area contributed by atoms with Gasteiger partial charge in [0.15, 0.2) is 0 Å². The van der Waals surface area contributed by atoms with E-state index in [2.05, 4.69) is 30.7 Å². The summed E-state index contributed by atoms with van der Waals surface area (Å²) in [4.78, 5) is 5.17. The molecule has 17 heavy (non-hydrogen) atoms. The lowest BCUT2D eigenvalue weighted by molar-refractivity contribution is 0.254. The Labute approximate surface area is 108 Å². The average Bonchev–Trinajstić information content (AvgIpc) is 2.65. The van der Waals surface area contributed by atoms with Gasteiger partial charge in [0, 0.05) is 12.6 Å². The zero-order valence-corrected chi connectivity index (χ0v) is 12.2. The van der Waals surface area contributed by atoms with Crippen LogP contribution in [-0.4, -0.2) is 42.6 Å². The van der Waals surface area contributed by atoms with Crippen molar-refractivity contribution in [1.29, 1.82) is 0 Å². The molecule has 0 N–H and O–H groups in total. The van der Waals surface area contributed by atoms with Gasteiger partial charge in [-0.1, -0.05) is 52.4 Å². The Balaban J connectivity index is 2.01. The van der Waals surface area contributed by atoms with Crippen LogP contribution in [0.25, 0.3) is 0 Å². The SMILES string of the molecule is CCCCCCCCN1CC(CCC)N(C)C1. The second kappa shape index (κ2) is 8.93. The second-order valence-corrected chi connectivity index (χ2v) is 5.69. The van der Waals surface area contributed by atoms with Gasteiger partial charge in [-0.3, -0.25) is 9.80 Å².